The number of hydrogen-bond acceptors (Lipinski definition) is 0. The van der Waals surface area contributed by atoms with Crippen LogP contribution in [0.3, 0.4) is 0 Å². The number of unbranched alkanes of at least 4 members (excludes halogenated alkanes) is 2. The molecule has 0 atom stereocenters. The van der Waals surface area contributed by atoms with Crippen molar-refractivity contribution in [2.45, 2.75) is 32.6 Å². The van der Waals surface area contributed by atoms with Gasteiger partial charge in [-0.3, -0.25) is 0 Å². The van der Waals surface area contributed by atoms with Crippen molar-refractivity contribution in [3.63, 3.8) is 0 Å². The highest BCUT2D eigenvalue weighted by molar-refractivity contribution is 5.83. The molecule has 0 heterocycles. The first-order valence-corrected chi connectivity index (χ1v) is 7.42. The van der Waals surface area contributed by atoms with Gasteiger partial charge in [-0.2, -0.15) is 0 Å². The van der Waals surface area contributed by atoms with Crippen molar-refractivity contribution in [2.75, 3.05) is 0 Å². The molecule has 2 aromatic rings. The summed E-state index contributed by atoms with van der Waals surface area (Å²) in [4.78, 5) is 0. The van der Waals surface area contributed by atoms with Gasteiger partial charge in [0.05, 0.1) is 0 Å². The second-order valence-corrected chi connectivity index (χ2v) is 5.15. The minimum Gasteiger partial charge on any atom is -0.203 e. The summed E-state index contributed by atoms with van der Waals surface area (Å²) >= 11 is 0. The molecule has 110 valence electrons. The largest absolute Gasteiger partial charge is 0.203 e. The van der Waals surface area contributed by atoms with Crippen LogP contribution in [0.2, 0.25) is 0 Å². The van der Waals surface area contributed by atoms with E-state index in [4.69, 9.17) is 0 Å². The lowest BCUT2D eigenvalue weighted by Gasteiger charge is -2.04. The highest BCUT2D eigenvalue weighted by atomic mass is 19.2. The highest BCUT2D eigenvalue weighted by Crippen LogP contribution is 2.28. The van der Waals surface area contributed by atoms with Crippen molar-refractivity contribution in [2.24, 2.45) is 0 Å². The fourth-order valence-corrected chi connectivity index (χ4v) is 2.23. The summed E-state index contributed by atoms with van der Waals surface area (Å²) in [6.45, 7) is 2.16. The Bertz CT molecular complexity index is 583. The second kappa shape index (κ2) is 7.72. The van der Waals surface area contributed by atoms with Crippen LogP contribution in [0.1, 0.15) is 42.9 Å². The van der Waals surface area contributed by atoms with Gasteiger partial charge in [0, 0.05) is 11.1 Å². The Morgan fingerprint density at radius 1 is 0.762 bits per heavy atom. The molecule has 0 radical (unpaired) electrons. The maximum atomic E-state index is 14.2. The van der Waals surface area contributed by atoms with Gasteiger partial charge >= 0.3 is 0 Å². The van der Waals surface area contributed by atoms with Crippen LogP contribution in [0, 0.1) is 0 Å². The standard InChI is InChI=1S/C19H20F2/c1-2-3-5-8-15-11-13-17(14-12-15)19(21)18(20)16-9-6-4-7-10-16/h4,6-7,9-14H,2-3,5,8H2,1H3/b19-18+. The molecule has 21 heavy (non-hydrogen) atoms. The number of rotatable bonds is 6. The van der Waals surface area contributed by atoms with Gasteiger partial charge in [0.15, 0.2) is 11.7 Å². The predicted molar refractivity (Wildman–Crippen MR) is 85.1 cm³/mol. The van der Waals surface area contributed by atoms with Gasteiger partial charge < -0.3 is 0 Å². The quantitative estimate of drug-likeness (QED) is 0.439. The van der Waals surface area contributed by atoms with Crippen molar-refractivity contribution >= 4 is 11.7 Å². The SMILES string of the molecule is CCCCCc1ccc(/C(F)=C(\F)c2ccccc2)cc1. The van der Waals surface area contributed by atoms with Gasteiger partial charge in [0.1, 0.15) is 0 Å². The third kappa shape index (κ3) is 4.25. The van der Waals surface area contributed by atoms with Crippen LogP contribution >= 0.6 is 0 Å². The van der Waals surface area contributed by atoms with Crippen LogP contribution in [0.25, 0.3) is 11.7 Å². The molecule has 2 heteroatoms. The minimum absolute atomic E-state index is 0.266. The fourth-order valence-electron chi connectivity index (χ4n) is 2.23. The fraction of sp³-hybridized carbons (Fsp3) is 0.263. The van der Waals surface area contributed by atoms with E-state index in [1.807, 2.05) is 12.1 Å². The second-order valence-electron chi connectivity index (χ2n) is 5.15. The first-order chi connectivity index (χ1) is 10.2. The molecule has 0 aliphatic rings. The molecule has 0 fully saturated rings. The molecule has 2 aromatic carbocycles. The van der Waals surface area contributed by atoms with E-state index in [0.29, 0.717) is 0 Å². The zero-order chi connectivity index (χ0) is 15.1. The van der Waals surface area contributed by atoms with Gasteiger partial charge in [-0.05, 0) is 18.4 Å². The summed E-state index contributed by atoms with van der Waals surface area (Å²) in [7, 11) is 0. The Labute approximate surface area is 125 Å². The molecule has 0 amide bonds. The molecule has 2 rings (SSSR count). The van der Waals surface area contributed by atoms with E-state index >= 15 is 0 Å². The van der Waals surface area contributed by atoms with Gasteiger partial charge in [0.25, 0.3) is 0 Å². The van der Waals surface area contributed by atoms with Gasteiger partial charge in [-0.25, -0.2) is 8.78 Å². The highest BCUT2D eigenvalue weighted by Gasteiger charge is 2.10. The molecule has 0 nitrogen and oxygen atoms in total. The van der Waals surface area contributed by atoms with Crippen LogP contribution in [0.15, 0.2) is 54.6 Å². The predicted octanol–water partition coefficient (Wildman–Crippen LogP) is 6.18. The molecular weight excluding hydrogens is 266 g/mol. The summed E-state index contributed by atoms with van der Waals surface area (Å²) in [6, 6.07) is 15.4. The maximum Gasteiger partial charge on any atom is 0.166 e. The molecule has 0 aliphatic carbocycles. The van der Waals surface area contributed by atoms with Crippen molar-refractivity contribution < 1.29 is 8.78 Å². The lowest BCUT2D eigenvalue weighted by atomic mass is 10.0. The van der Waals surface area contributed by atoms with E-state index in [1.54, 1.807) is 42.5 Å². The Morgan fingerprint density at radius 2 is 1.33 bits per heavy atom. The first-order valence-electron chi connectivity index (χ1n) is 7.42. The summed E-state index contributed by atoms with van der Waals surface area (Å²) in [5, 5.41) is 0. The van der Waals surface area contributed by atoms with E-state index in [0.717, 1.165) is 12.8 Å². The van der Waals surface area contributed by atoms with E-state index in [1.165, 1.54) is 18.4 Å². The number of benzene rings is 2. The van der Waals surface area contributed by atoms with Crippen molar-refractivity contribution in [1.29, 1.82) is 0 Å². The number of halogens is 2. The van der Waals surface area contributed by atoms with Crippen molar-refractivity contribution in [1.82, 2.24) is 0 Å². The monoisotopic (exact) mass is 286 g/mol. The van der Waals surface area contributed by atoms with Crippen LogP contribution in [-0.4, -0.2) is 0 Å². The van der Waals surface area contributed by atoms with Crippen molar-refractivity contribution in [3.05, 3.63) is 71.3 Å². The normalized spacial score (nSPS) is 12.1. The lowest BCUT2D eigenvalue weighted by molar-refractivity contribution is 0.699. The average molecular weight is 286 g/mol. The molecule has 0 N–H and O–H groups in total. The molecule has 0 spiro atoms. The van der Waals surface area contributed by atoms with Gasteiger partial charge in [-0.15, -0.1) is 0 Å². The average Bonchev–Trinajstić information content (AvgIpc) is 2.55. The summed E-state index contributed by atoms with van der Waals surface area (Å²) in [5.74, 6) is -1.62. The molecule has 0 unspecified atom stereocenters. The molecule has 0 aromatic heterocycles. The van der Waals surface area contributed by atoms with Crippen LogP contribution < -0.4 is 0 Å². The van der Waals surface area contributed by atoms with Crippen LogP contribution in [0.4, 0.5) is 8.78 Å². The topological polar surface area (TPSA) is 0 Å². The number of aryl methyl sites for hydroxylation is 1. The first kappa shape index (κ1) is 15.4. The van der Waals surface area contributed by atoms with Crippen molar-refractivity contribution in [3.8, 4) is 0 Å². The van der Waals surface area contributed by atoms with E-state index in [9.17, 15) is 8.78 Å². The summed E-state index contributed by atoms with van der Waals surface area (Å²) in [6.07, 6.45) is 4.49. The molecule has 0 saturated heterocycles. The maximum absolute atomic E-state index is 14.2. The Hall–Kier alpha value is -1.96. The molecule has 0 bridgehead atoms. The lowest BCUT2D eigenvalue weighted by Crippen LogP contribution is -1.88. The Kier molecular flexibility index (Phi) is 5.68. The smallest absolute Gasteiger partial charge is 0.166 e. The van der Waals surface area contributed by atoms with Crippen LogP contribution in [0.5, 0.6) is 0 Å². The zero-order valence-electron chi connectivity index (χ0n) is 12.3. The third-order valence-corrected chi connectivity index (χ3v) is 3.50. The van der Waals surface area contributed by atoms with E-state index < -0.39 is 11.7 Å². The molecule has 0 saturated carbocycles. The summed E-state index contributed by atoms with van der Waals surface area (Å²) in [5.41, 5.74) is 1.72. The van der Waals surface area contributed by atoms with Gasteiger partial charge in [-0.1, -0.05) is 74.4 Å². The Balaban J connectivity index is 2.14. The minimum atomic E-state index is -0.811. The zero-order valence-corrected chi connectivity index (χ0v) is 12.3. The number of hydrogen-bond donors (Lipinski definition) is 0. The molecular formula is C19H20F2. The van der Waals surface area contributed by atoms with E-state index in [2.05, 4.69) is 6.92 Å². The van der Waals surface area contributed by atoms with Gasteiger partial charge in [0.2, 0.25) is 0 Å². The molecule has 0 aliphatic heterocycles. The third-order valence-electron chi connectivity index (χ3n) is 3.50. The van der Waals surface area contributed by atoms with E-state index in [-0.39, 0.29) is 11.1 Å². The van der Waals surface area contributed by atoms with Crippen LogP contribution in [-0.2, 0) is 6.42 Å². The summed E-state index contributed by atoms with van der Waals surface area (Å²) < 4.78 is 28.2. The Morgan fingerprint density at radius 3 is 1.90 bits per heavy atom.